The van der Waals surface area contributed by atoms with Crippen LogP contribution < -0.4 is 0 Å². The first kappa shape index (κ1) is 15.8. The SMILES string of the molecule is CCOP(=O)(OCC)OC(O)c1ccc(Br)cc1. The number of hydrogen-bond donors (Lipinski definition) is 1. The van der Waals surface area contributed by atoms with Gasteiger partial charge in [0.1, 0.15) is 0 Å². The second kappa shape index (κ2) is 7.38. The molecule has 0 heterocycles. The molecule has 1 rings (SSSR count). The van der Waals surface area contributed by atoms with Gasteiger partial charge >= 0.3 is 7.82 Å². The summed E-state index contributed by atoms with van der Waals surface area (Å²) in [6.07, 6.45) is -1.36. The Morgan fingerprint density at radius 2 is 1.72 bits per heavy atom. The summed E-state index contributed by atoms with van der Waals surface area (Å²) in [5.74, 6) is 0. The third-order valence-corrected chi connectivity index (χ3v) is 4.09. The lowest BCUT2D eigenvalue weighted by Crippen LogP contribution is -2.06. The fraction of sp³-hybridized carbons (Fsp3) is 0.455. The average Bonchev–Trinajstić information content (AvgIpc) is 2.30. The first-order chi connectivity index (χ1) is 8.50. The lowest BCUT2D eigenvalue weighted by Gasteiger charge is -2.20. The summed E-state index contributed by atoms with van der Waals surface area (Å²) in [4.78, 5) is 0. The standard InChI is InChI=1S/C11H16BrO5P/c1-3-15-18(14,16-4-2)17-11(13)9-5-7-10(12)8-6-9/h5-8,11,13H,3-4H2,1-2H3. The Bertz CT molecular complexity index is 398. The van der Waals surface area contributed by atoms with Gasteiger partial charge in [0.2, 0.25) is 0 Å². The Morgan fingerprint density at radius 1 is 1.22 bits per heavy atom. The number of benzene rings is 1. The molecule has 1 unspecified atom stereocenters. The van der Waals surface area contributed by atoms with Gasteiger partial charge in [-0.15, -0.1) is 0 Å². The van der Waals surface area contributed by atoms with Crippen LogP contribution in [0.5, 0.6) is 0 Å². The summed E-state index contributed by atoms with van der Waals surface area (Å²) in [7, 11) is -3.71. The van der Waals surface area contributed by atoms with Crippen molar-refractivity contribution in [3.05, 3.63) is 34.3 Å². The highest BCUT2D eigenvalue weighted by atomic mass is 79.9. The van der Waals surface area contributed by atoms with Gasteiger partial charge in [0.25, 0.3) is 0 Å². The van der Waals surface area contributed by atoms with E-state index in [9.17, 15) is 9.67 Å². The minimum Gasteiger partial charge on any atom is -0.364 e. The largest absolute Gasteiger partial charge is 0.477 e. The molecule has 0 fully saturated rings. The first-order valence-electron chi connectivity index (χ1n) is 5.51. The number of halogens is 1. The molecule has 0 spiro atoms. The van der Waals surface area contributed by atoms with Crippen LogP contribution >= 0.6 is 23.8 Å². The zero-order valence-corrected chi connectivity index (χ0v) is 12.7. The molecule has 0 amide bonds. The predicted molar refractivity (Wildman–Crippen MR) is 71.0 cm³/mol. The van der Waals surface area contributed by atoms with Gasteiger partial charge in [-0.05, 0) is 26.0 Å². The molecule has 1 N–H and O–H groups in total. The van der Waals surface area contributed by atoms with Gasteiger partial charge in [0.05, 0.1) is 13.2 Å². The van der Waals surface area contributed by atoms with Crippen LogP contribution in [0.25, 0.3) is 0 Å². The molecular formula is C11H16BrO5P. The number of phosphoric acid groups is 1. The molecule has 0 aliphatic carbocycles. The van der Waals surface area contributed by atoms with Gasteiger partial charge in [-0.2, -0.15) is 0 Å². The molecule has 18 heavy (non-hydrogen) atoms. The highest BCUT2D eigenvalue weighted by Gasteiger charge is 2.29. The number of aliphatic hydroxyl groups is 1. The number of aliphatic hydroxyl groups excluding tert-OH is 1. The molecule has 1 atom stereocenters. The first-order valence-corrected chi connectivity index (χ1v) is 7.77. The number of hydrogen-bond acceptors (Lipinski definition) is 5. The summed E-state index contributed by atoms with van der Waals surface area (Å²) in [6.45, 7) is 3.68. The Labute approximate surface area is 115 Å². The summed E-state index contributed by atoms with van der Waals surface area (Å²) >= 11 is 3.28. The third kappa shape index (κ3) is 4.80. The Kier molecular flexibility index (Phi) is 6.49. The van der Waals surface area contributed by atoms with E-state index in [1.165, 1.54) is 0 Å². The smallest absolute Gasteiger partial charge is 0.364 e. The Morgan fingerprint density at radius 3 is 2.17 bits per heavy atom. The van der Waals surface area contributed by atoms with Gasteiger partial charge < -0.3 is 5.11 Å². The second-order valence-electron chi connectivity index (χ2n) is 3.29. The fourth-order valence-electron chi connectivity index (χ4n) is 1.22. The van der Waals surface area contributed by atoms with Crippen LogP contribution in [0.4, 0.5) is 0 Å². The van der Waals surface area contributed by atoms with Crippen LogP contribution in [0.1, 0.15) is 25.7 Å². The van der Waals surface area contributed by atoms with Crippen LogP contribution in [0.3, 0.4) is 0 Å². The van der Waals surface area contributed by atoms with Crippen molar-refractivity contribution in [3.8, 4) is 0 Å². The van der Waals surface area contributed by atoms with Crippen molar-refractivity contribution in [2.45, 2.75) is 20.1 Å². The molecule has 0 aromatic heterocycles. The van der Waals surface area contributed by atoms with Crippen LogP contribution in [0.2, 0.25) is 0 Å². The van der Waals surface area contributed by atoms with Gasteiger partial charge in [-0.3, -0.25) is 13.6 Å². The van der Waals surface area contributed by atoms with E-state index in [2.05, 4.69) is 15.9 Å². The Hall–Kier alpha value is -0.230. The molecular weight excluding hydrogens is 323 g/mol. The molecule has 0 saturated heterocycles. The van der Waals surface area contributed by atoms with E-state index >= 15 is 0 Å². The van der Waals surface area contributed by atoms with Crippen LogP contribution in [0.15, 0.2) is 28.7 Å². The lowest BCUT2D eigenvalue weighted by atomic mass is 10.2. The summed E-state index contributed by atoms with van der Waals surface area (Å²) in [5, 5.41) is 9.83. The van der Waals surface area contributed by atoms with E-state index in [1.807, 2.05) is 0 Å². The van der Waals surface area contributed by atoms with Crippen molar-refractivity contribution in [1.82, 2.24) is 0 Å². The molecule has 1 aromatic carbocycles. The fourth-order valence-corrected chi connectivity index (χ4v) is 2.68. The number of phosphoric ester groups is 1. The van der Waals surface area contributed by atoms with Gasteiger partial charge in [-0.1, -0.05) is 28.1 Å². The highest BCUT2D eigenvalue weighted by molar-refractivity contribution is 9.10. The van der Waals surface area contributed by atoms with Crippen molar-refractivity contribution >= 4 is 23.8 Å². The molecule has 0 saturated carbocycles. The van der Waals surface area contributed by atoms with Gasteiger partial charge in [0.15, 0.2) is 6.29 Å². The molecule has 7 heteroatoms. The van der Waals surface area contributed by atoms with E-state index in [-0.39, 0.29) is 13.2 Å². The van der Waals surface area contributed by atoms with Crippen molar-refractivity contribution in [2.24, 2.45) is 0 Å². The zero-order chi connectivity index (χ0) is 13.6. The van der Waals surface area contributed by atoms with Crippen molar-refractivity contribution in [1.29, 1.82) is 0 Å². The normalized spacial score (nSPS) is 13.6. The molecule has 102 valence electrons. The minimum atomic E-state index is -3.71. The zero-order valence-electron chi connectivity index (χ0n) is 10.2. The third-order valence-electron chi connectivity index (χ3n) is 1.96. The topological polar surface area (TPSA) is 65.0 Å². The van der Waals surface area contributed by atoms with Crippen molar-refractivity contribution < 1.29 is 23.2 Å². The molecule has 0 aliphatic rings. The van der Waals surface area contributed by atoms with E-state index < -0.39 is 14.1 Å². The minimum absolute atomic E-state index is 0.171. The highest BCUT2D eigenvalue weighted by Crippen LogP contribution is 2.52. The van der Waals surface area contributed by atoms with Crippen LogP contribution in [-0.2, 0) is 18.1 Å². The predicted octanol–water partition coefficient (Wildman–Crippen LogP) is 3.64. The van der Waals surface area contributed by atoms with Crippen LogP contribution in [-0.4, -0.2) is 18.3 Å². The maximum atomic E-state index is 12.0. The summed E-state index contributed by atoms with van der Waals surface area (Å²) in [6, 6.07) is 6.79. The monoisotopic (exact) mass is 338 g/mol. The van der Waals surface area contributed by atoms with E-state index in [0.717, 1.165) is 4.47 Å². The van der Waals surface area contributed by atoms with Gasteiger partial charge in [0, 0.05) is 10.0 Å². The maximum Gasteiger partial charge on any atom is 0.477 e. The number of rotatable bonds is 7. The average molecular weight is 339 g/mol. The van der Waals surface area contributed by atoms with E-state index in [0.29, 0.717) is 5.56 Å². The second-order valence-corrected chi connectivity index (χ2v) is 5.83. The van der Waals surface area contributed by atoms with E-state index in [1.54, 1.807) is 38.1 Å². The molecule has 0 bridgehead atoms. The van der Waals surface area contributed by atoms with E-state index in [4.69, 9.17) is 13.6 Å². The molecule has 5 nitrogen and oxygen atoms in total. The van der Waals surface area contributed by atoms with Crippen molar-refractivity contribution in [2.75, 3.05) is 13.2 Å². The molecule has 0 radical (unpaired) electrons. The molecule has 0 aliphatic heterocycles. The van der Waals surface area contributed by atoms with Gasteiger partial charge in [-0.25, -0.2) is 4.57 Å². The summed E-state index contributed by atoms with van der Waals surface area (Å²) in [5.41, 5.74) is 0.470. The maximum absolute atomic E-state index is 12.0. The summed E-state index contributed by atoms with van der Waals surface area (Å²) < 4.78 is 27.8. The quantitative estimate of drug-likeness (QED) is 0.607. The Balaban J connectivity index is 2.74. The lowest BCUT2D eigenvalue weighted by molar-refractivity contribution is -0.0498. The molecule has 1 aromatic rings. The van der Waals surface area contributed by atoms with Crippen molar-refractivity contribution in [3.63, 3.8) is 0 Å². The van der Waals surface area contributed by atoms with Crippen LogP contribution in [0, 0.1) is 0 Å².